The smallest absolute Gasteiger partial charge is 0.260 e. The number of carbonyl (C=O) groups is 2. The molecule has 0 unspecified atom stereocenters. The van der Waals surface area contributed by atoms with Crippen LogP contribution in [0.2, 0.25) is 0 Å². The lowest BCUT2D eigenvalue weighted by molar-refractivity contribution is -0.134. The highest BCUT2D eigenvalue weighted by Crippen LogP contribution is 2.13. The zero-order valence-corrected chi connectivity index (χ0v) is 15.4. The van der Waals surface area contributed by atoms with E-state index in [0.29, 0.717) is 38.3 Å². The lowest BCUT2D eigenvalue weighted by Gasteiger charge is -2.22. The predicted molar refractivity (Wildman–Crippen MR) is 98.8 cm³/mol. The first-order chi connectivity index (χ1) is 13.0. The maximum Gasteiger partial charge on any atom is 0.260 e. The van der Waals surface area contributed by atoms with Gasteiger partial charge >= 0.3 is 0 Å². The third-order valence-electron chi connectivity index (χ3n) is 4.61. The molecule has 7 heteroatoms. The van der Waals surface area contributed by atoms with E-state index in [1.807, 2.05) is 35.0 Å². The van der Waals surface area contributed by atoms with E-state index < -0.39 is 5.82 Å². The summed E-state index contributed by atoms with van der Waals surface area (Å²) < 4.78 is 20.5. The van der Waals surface area contributed by atoms with Crippen molar-refractivity contribution >= 4 is 11.8 Å². The van der Waals surface area contributed by atoms with E-state index in [0.717, 1.165) is 12.0 Å². The number of hydrogen-bond donors (Lipinski definition) is 0. The molecule has 1 saturated heterocycles. The fourth-order valence-electron chi connectivity index (χ4n) is 3.16. The zero-order chi connectivity index (χ0) is 19.2. The number of carbonyl (C=O) groups excluding carboxylic acids is 2. The van der Waals surface area contributed by atoms with Crippen LogP contribution in [-0.4, -0.2) is 59.0 Å². The number of rotatable bonds is 5. The van der Waals surface area contributed by atoms with Crippen LogP contribution in [0, 0.1) is 5.82 Å². The minimum atomic E-state index is -0.401. The van der Waals surface area contributed by atoms with Gasteiger partial charge in [0, 0.05) is 51.7 Å². The second kappa shape index (κ2) is 8.70. The summed E-state index contributed by atoms with van der Waals surface area (Å²) in [5.41, 5.74) is 0.989. The molecule has 2 aromatic rings. The Morgan fingerprint density at radius 3 is 2.48 bits per heavy atom. The molecule has 2 amide bonds. The van der Waals surface area contributed by atoms with Crippen LogP contribution >= 0.6 is 0 Å². The van der Waals surface area contributed by atoms with Crippen molar-refractivity contribution in [2.24, 2.45) is 7.05 Å². The molecule has 0 N–H and O–H groups in total. The molecule has 1 aliphatic rings. The molecule has 1 aromatic heterocycles. The van der Waals surface area contributed by atoms with Gasteiger partial charge in [-0.2, -0.15) is 0 Å². The Labute approximate surface area is 158 Å². The largest absolute Gasteiger partial charge is 0.484 e. The number of aromatic nitrogens is 1. The van der Waals surface area contributed by atoms with Gasteiger partial charge in [0.25, 0.3) is 5.91 Å². The van der Waals surface area contributed by atoms with Gasteiger partial charge in [0.2, 0.25) is 5.91 Å². The fraction of sp³-hybridized carbons (Fsp3) is 0.400. The molecule has 6 nitrogen and oxygen atoms in total. The van der Waals surface area contributed by atoms with Gasteiger partial charge in [-0.05, 0) is 30.2 Å². The standard InChI is InChI=1S/C20H24FN3O3/c1-22-9-6-16(14-22)12-19(25)23-7-3-8-24(11-10-23)20(26)15-27-18-5-2-4-17(21)13-18/h2,4-6,9,13-14H,3,7-8,10-12,15H2,1H3. The van der Waals surface area contributed by atoms with Crippen molar-refractivity contribution < 1.29 is 18.7 Å². The number of ether oxygens (including phenoxy) is 1. The third kappa shape index (κ3) is 5.32. The summed E-state index contributed by atoms with van der Waals surface area (Å²) in [6.45, 7) is 2.07. The minimum Gasteiger partial charge on any atom is -0.484 e. The summed E-state index contributed by atoms with van der Waals surface area (Å²) in [6, 6.07) is 7.67. The molecule has 3 rings (SSSR count). The second-order valence-electron chi connectivity index (χ2n) is 6.72. The average Bonchev–Trinajstić information content (AvgIpc) is 2.91. The van der Waals surface area contributed by atoms with Gasteiger partial charge in [0.15, 0.2) is 6.61 Å². The first-order valence-electron chi connectivity index (χ1n) is 9.06. The van der Waals surface area contributed by atoms with E-state index in [9.17, 15) is 14.0 Å². The van der Waals surface area contributed by atoms with Crippen LogP contribution in [0.15, 0.2) is 42.7 Å². The monoisotopic (exact) mass is 373 g/mol. The molecule has 0 radical (unpaired) electrons. The van der Waals surface area contributed by atoms with Crippen LogP contribution < -0.4 is 4.74 Å². The van der Waals surface area contributed by atoms with Crippen LogP contribution in [0.25, 0.3) is 0 Å². The van der Waals surface area contributed by atoms with E-state index in [2.05, 4.69) is 0 Å². The number of nitrogens with zero attached hydrogens (tertiary/aromatic N) is 3. The maximum absolute atomic E-state index is 13.2. The summed E-state index contributed by atoms with van der Waals surface area (Å²) >= 11 is 0. The fourth-order valence-corrected chi connectivity index (χ4v) is 3.16. The highest BCUT2D eigenvalue weighted by molar-refractivity contribution is 5.80. The number of halogens is 1. The van der Waals surface area contributed by atoms with Crippen molar-refractivity contribution in [1.29, 1.82) is 0 Å². The highest BCUT2D eigenvalue weighted by Gasteiger charge is 2.22. The van der Waals surface area contributed by atoms with E-state index in [1.165, 1.54) is 18.2 Å². The minimum absolute atomic E-state index is 0.0755. The van der Waals surface area contributed by atoms with Crippen LogP contribution in [0.1, 0.15) is 12.0 Å². The van der Waals surface area contributed by atoms with Gasteiger partial charge in [-0.15, -0.1) is 0 Å². The van der Waals surface area contributed by atoms with Gasteiger partial charge in [-0.1, -0.05) is 6.07 Å². The lowest BCUT2D eigenvalue weighted by Crippen LogP contribution is -2.39. The quantitative estimate of drug-likeness (QED) is 0.804. The molecule has 144 valence electrons. The van der Waals surface area contributed by atoms with Gasteiger partial charge in [0.1, 0.15) is 11.6 Å². The zero-order valence-electron chi connectivity index (χ0n) is 15.4. The molecule has 27 heavy (non-hydrogen) atoms. The van der Waals surface area contributed by atoms with Crippen molar-refractivity contribution in [3.63, 3.8) is 0 Å². The summed E-state index contributed by atoms with van der Waals surface area (Å²) in [6.07, 6.45) is 4.96. The Morgan fingerprint density at radius 2 is 1.81 bits per heavy atom. The van der Waals surface area contributed by atoms with Gasteiger partial charge in [0.05, 0.1) is 6.42 Å². The number of amides is 2. The van der Waals surface area contributed by atoms with Crippen LogP contribution in [-0.2, 0) is 23.1 Å². The van der Waals surface area contributed by atoms with E-state index in [4.69, 9.17) is 4.74 Å². The van der Waals surface area contributed by atoms with Crippen molar-refractivity contribution in [3.8, 4) is 5.75 Å². The maximum atomic E-state index is 13.2. The van der Waals surface area contributed by atoms with E-state index in [-0.39, 0.29) is 18.4 Å². The molecule has 2 heterocycles. The molecule has 0 atom stereocenters. The predicted octanol–water partition coefficient (Wildman–Crippen LogP) is 1.85. The average molecular weight is 373 g/mol. The van der Waals surface area contributed by atoms with E-state index in [1.54, 1.807) is 11.0 Å². The topological polar surface area (TPSA) is 54.8 Å². The van der Waals surface area contributed by atoms with Gasteiger partial charge in [-0.25, -0.2) is 4.39 Å². The Morgan fingerprint density at radius 1 is 1.07 bits per heavy atom. The molecule has 0 spiro atoms. The Kier molecular flexibility index (Phi) is 6.11. The molecular formula is C20H24FN3O3. The first kappa shape index (κ1) is 18.9. The third-order valence-corrected chi connectivity index (χ3v) is 4.61. The second-order valence-corrected chi connectivity index (χ2v) is 6.72. The molecule has 0 saturated carbocycles. The number of hydrogen-bond acceptors (Lipinski definition) is 3. The van der Waals surface area contributed by atoms with E-state index >= 15 is 0 Å². The molecule has 1 aliphatic heterocycles. The SMILES string of the molecule is Cn1ccc(CC(=O)N2CCCN(C(=O)COc3cccc(F)c3)CC2)c1. The van der Waals surface area contributed by atoms with Crippen LogP contribution in [0.4, 0.5) is 4.39 Å². The first-order valence-corrected chi connectivity index (χ1v) is 9.06. The Hall–Kier alpha value is -2.83. The molecule has 0 bridgehead atoms. The number of benzene rings is 1. The molecule has 1 aromatic carbocycles. The highest BCUT2D eigenvalue weighted by atomic mass is 19.1. The summed E-state index contributed by atoms with van der Waals surface area (Å²) in [5, 5.41) is 0. The normalized spacial score (nSPS) is 14.7. The molecule has 1 fully saturated rings. The van der Waals surface area contributed by atoms with Crippen molar-refractivity contribution in [2.45, 2.75) is 12.8 Å². The summed E-state index contributed by atoms with van der Waals surface area (Å²) in [7, 11) is 1.93. The van der Waals surface area contributed by atoms with Crippen LogP contribution in [0.5, 0.6) is 5.75 Å². The Balaban J connectivity index is 1.48. The molecular weight excluding hydrogens is 349 g/mol. The van der Waals surface area contributed by atoms with Gasteiger partial charge < -0.3 is 19.1 Å². The summed E-state index contributed by atoms with van der Waals surface area (Å²) in [4.78, 5) is 28.4. The molecule has 0 aliphatic carbocycles. The Bertz CT molecular complexity index is 805. The lowest BCUT2D eigenvalue weighted by atomic mass is 10.2. The van der Waals surface area contributed by atoms with Crippen LogP contribution in [0.3, 0.4) is 0 Å². The summed E-state index contributed by atoms with van der Waals surface area (Å²) in [5.74, 6) is -0.150. The van der Waals surface area contributed by atoms with Crippen molar-refractivity contribution in [1.82, 2.24) is 14.4 Å². The van der Waals surface area contributed by atoms with Crippen molar-refractivity contribution in [2.75, 3.05) is 32.8 Å². The van der Waals surface area contributed by atoms with Crippen molar-refractivity contribution in [3.05, 3.63) is 54.1 Å². The number of aryl methyl sites for hydroxylation is 1. The van der Waals surface area contributed by atoms with Gasteiger partial charge in [-0.3, -0.25) is 9.59 Å².